The first kappa shape index (κ1) is 17.9. The standard InChI is InChI=1S/C25H25N/c1-4-12-23(13-5-1)18-10-20-26(22-25-16-8-3-9-17-25)21-11-19-24-14-6-2-7-15-24/h1-19H,20-22H2/b18-10+,19-11+. The molecule has 1 heteroatoms. The van der Waals surface area contributed by atoms with E-state index in [9.17, 15) is 0 Å². The van der Waals surface area contributed by atoms with Crippen LogP contribution in [0.1, 0.15) is 16.7 Å². The van der Waals surface area contributed by atoms with E-state index in [4.69, 9.17) is 0 Å². The number of nitrogens with zero attached hydrogens (tertiary/aromatic N) is 1. The van der Waals surface area contributed by atoms with Crippen molar-refractivity contribution < 1.29 is 0 Å². The van der Waals surface area contributed by atoms with Crippen molar-refractivity contribution in [2.45, 2.75) is 6.54 Å². The second-order valence-corrected chi connectivity index (χ2v) is 6.31. The number of hydrogen-bond acceptors (Lipinski definition) is 1. The van der Waals surface area contributed by atoms with E-state index < -0.39 is 0 Å². The van der Waals surface area contributed by atoms with E-state index in [0.29, 0.717) is 0 Å². The molecule has 26 heavy (non-hydrogen) atoms. The van der Waals surface area contributed by atoms with E-state index in [1.54, 1.807) is 0 Å². The zero-order valence-corrected chi connectivity index (χ0v) is 15.0. The van der Waals surface area contributed by atoms with E-state index in [1.807, 2.05) is 12.1 Å². The van der Waals surface area contributed by atoms with Crippen molar-refractivity contribution in [2.75, 3.05) is 13.1 Å². The molecule has 3 aromatic rings. The van der Waals surface area contributed by atoms with Crippen molar-refractivity contribution in [3.05, 3.63) is 120 Å². The maximum Gasteiger partial charge on any atom is 0.0240 e. The van der Waals surface area contributed by atoms with E-state index in [-0.39, 0.29) is 0 Å². The second-order valence-electron chi connectivity index (χ2n) is 6.31. The lowest BCUT2D eigenvalue weighted by Gasteiger charge is -2.19. The summed E-state index contributed by atoms with van der Waals surface area (Å²) in [4.78, 5) is 2.44. The average Bonchev–Trinajstić information content (AvgIpc) is 2.70. The Hall–Kier alpha value is -2.90. The van der Waals surface area contributed by atoms with Crippen LogP contribution in [0.3, 0.4) is 0 Å². The summed E-state index contributed by atoms with van der Waals surface area (Å²) in [5.41, 5.74) is 3.83. The first-order valence-electron chi connectivity index (χ1n) is 9.09. The molecule has 0 spiro atoms. The van der Waals surface area contributed by atoms with Gasteiger partial charge in [-0.15, -0.1) is 0 Å². The van der Waals surface area contributed by atoms with E-state index in [2.05, 4.69) is 108 Å². The van der Waals surface area contributed by atoms with Crippen molar-refractivity contribution in [1.82, 2.24) is 4.90 Å². The number of hydrogen-bond donors (Lipinski definition) is 0. The Morgan fingerprint density at radius 1 is 0.538 bits per heavy atom. The molecule has 0 amide bonds. The van der Waals surface area contributed by atoms with Gasteiger partial charge < -0.3 is 0 Å². The fourth-order valence-electron chi connectivity index (χ4n) is 2.85. The predicted molar refractivity (Wildman–Crippen MR) is 113 cm³/mol. The number of rotatable bonds is 8. The lowest BCUT2D eigenvalue weighted by atomic mass is 10.2. The molecule has 0 aliphatic rings. The average molecular weight is 339 g/mol. The van der Waals surface area contributed by atoms with Crippen LogP contribution < -0.4 is 0 Å². The monoisotopic (exact) mass is 339 g/mol. The summed E-state index contributed by atoms with van der Waals surface area (Å²) < 4.78 is 0. The molecule has 0 atom stereocenters. The minimum absolute atomic E-state index is 0.920. The Morgan fingerprint density at radius 2 is 0.962 bits per heavy atom. The summed E-state index contributed by atoms with van der Waals surface area (Å²) in [6.07, 6.45) is 8.88. The molecule has 0 unspecified atom stereocenters. The summed E-state index contributed by atoms with van der Waals surface area (Å²) >= 11 is 0. The van der Waals surface area contributed by atoms with Gasteiger partial charge in [-0.1, -0.05) is 115 Å². The normalized spacial score (nSPS) is 11.6. The summed E-state index contributed by atoms with van der Waals surface area (Å²) in [6.45, 7) is 2.78. The molecular weight excluding hydrogens is 314 g/mol. The van der Waals surface area contributed by atoms with Gasteiger partial charge in [-0.2, -0.15) is 0 Å². The molecule has 0 radical (unpaired) electrons. The van der Waals surface area contributed by atoms with Crippen LogP contribution >= 0.6 is 0 Å². The molecule has 0 N–H and O–H groups in total. The van der Waals surface area contributed by atoms with Gasteiger partial charge in [0.2, 0.25) is 0 Å². The minimum atomic E-state index is 0.920. The van der Waals surface area contributed by atoms with Crippen molar-refractivity contribution in [2.24, 2.45) is 0 Å². The maximum atomic E-state index is 2.44. The van der Waals surface area contributed by atoms with Crippen LogP contribution in [0.2, 0.25) is 0 Å². The molecule has 3 rings (SSSR count). The molecule has 1 nitrogen and oxygen atoms in total. The fourth-order valence-corrected chi connectivity index (χ4v) is 2.85. The first-order valence-corrected chi connectivity index (χ1v) is 9.09. The van der Waals surface area contributed by atoms with Gasteiger partial charge in [-0.3, -0.25) is 4.90 Å². The fraction of sp³-hybridized carbons (Fsp3) is 0.120. The quantitative estimate of drug-likeness (QED) is 0.493. The van der Waals surface area contributed by atoms with Crippen molar-refractivity contribution >= 4 is 12.2 Å². The van der Waals surface area contributed by atoms with Crippen LogP contribution in [0.25, 0.3) is 12.2 Å². The van der Waals surface area contributed by atoms with Crippen LogP contribution in [0.4, 0.5) is 0 Å². The SMILES string of the molecule is C(=C\c1ccccc1)/CN(C/C=C/c1ccccc1)Cc1ccccc1. The van der Waals surface area contributed by atoms with Crippen LogP contribution in [0, 0.1) is 0 Å². The zero-order chi connectivity index (χ0) is 17.9. The Balaban J connectivity index is 1.63. The van der Waals surface area contributed by atoms with Gasteiger partial charge in [-0.05, 0) is 16.7 Å². The van der Waals surface area contributed by atoms with Gasteiger partial charge in [0, 0.05) is 19.6 Å². The minimum Gasteiger partial charge on any atom is -0.292 e. The Kier molecular flexibility index (Phi) is 7.01. The van der Waals surface area contributed by atoms with Gasteiger partial charge in [0.05, 0.1) is 0 Å². The van der Waals surface area contributed by atoms with Gasteiger partial charge in [-0.25, -0.2) is 0 Å². The highest BCUT2D eigenvalue weighted by molar-refractivity contribution is 5.49. The van der Waals surface area contributed by atoms with Crippen LogP contribution in [0.15, 0.2) is 103 Å². The molecule has 0 aliphatic carbocycles. The summed E-state index contributed by atoms with van der Waals surface area (Å²) in [6, 6.07) is 31.6. The molecule has 0 fully saturated rings. The highest BCUT2D eigenvalue weighted by atomic mass is 15.1. The van der Waals surface area contributed by atoms with Gasteiger partial charge in [0.25, 0.3) is 0 Å². The van der Waals surface area contributed by atoms with E-state index >= 15 is 0 Å². The Morgan fingerprint density at radius 3 is 1.42 bits per heavy atom. The van der Waals surface area contributed by atoms with Gasteiger partial charge in [0.1, 0.15) is 0 Å². The zero-order valence-electron chi connectivity index (χ0n) is 15.0. The van der Waals surface area contributed by atoms with E-state index in [1.165, 1.54) is 16.7 Å². The lowest BCUT2D eigenvalue weighted by Crippen LogP contribution is -2.23. The summed E-state index contributed by atoms with van der Waals surface area (Å²) in [7, 11) is 0. The van der Waals surface area contributed by atoms with Crippen molar-refractivity contribution in [3.63, 3.8) is 0 Å². The first-order chi connectivity index (χ1) is 12.9. The van der Waals surface area contributed by atoms with Crippen molar-refractivity contribution in [1.29, 1.82) is 0 Å². The van der Waals surface area contributed by atoms with E-state index in [0.717, 1.165) is 19.6 Å². The number of benzene rings is 3. The third-order valence-corrected chi connectivity index (χ3v) is 4.20. The third-order valence-electron chi connectivity index (χ3n) is 4.20. The smallest absolute Gasteiger partial charge is 0.0240 e. The maximum absolute atomic E-state index is 2.44. The Bertz CT molecular complexity index is 753. The van der Waals surface area contributed by atoms with Crippen LogP contribution in [0.5, 0.6) is 0 Å². The molecule has 0 bridgehead atoms. The van der Waals surface area contributed by atoms with Gasteiger partial charge >= 0.3 is 0 Å². The topological polar surface area (TPSA) is 3.24 Å². The predicted octanol–water partition coefficient (Wildman–Crippen LogP) is 5.92. The van der Waals surface area contributed by atoms with Crippen molar-refractivity contribution in [3.8, 4) is 0 Å². The Labute approximate surface area is 156 Å². The molecule has 0 heterocycles. The molecule has 0 aliphatic heterocycles. The second kappa shape index (κ2) is 10.2. The van der Waals surface area contributed by atoms with Crippen LogP contribution in [-0.2, 0) is 6.54 Å². The van der Waals surface area contributed by atoms with Crippen LogP contribution in [-0.4, -0.2) is 18.0 Å². The molecule has 0 saturated carbocycles. The molecule has 3 aromatic carbocycles. The largest absolute Gasteiger partial charge is 0.292 e. The molecule has 0 aromatic heterocycles. The van der Waals surface area contributed by atoms with Gasteiger partial charge in [0.15, 0.2) is 0 Å². The summed E-state index contributed by atoms with van der Waals surface area (Å²) in [5.74, 6) is 0. The highest BCUT2D eigenvalue weighted by Gasteiger charge is 2.02. The third kappa shape index (κ3) is 6.19. The lowest BCUT2D eigenvalue weighted by molar-refractivity contribution is 0.328. The molecule has 0 saturated heterocycles. The summed E-state index contributed by atoms with van der Waals surface area (Å²) in [5, 5.41) is 0. The molecule has 130 valence electrons. The molecular formula is C25H25N. The highest BCUT2D eigenvalue weighted by Crippen LogP contribution is 2.08.